The van der Waals surface area contributed by atoms with Gasteiger partial charge in [0.25, 0.3) is 0 Å². The molecule has 8 nitrogen and oxygen atoms in total. The maximum Gasteiger partial charge on any atom is 0.209 e. The number of nitrogens with one attached hydrogen (secondary N) is 1. The van der Waals surface area contributed by atoms with E-state index in [0.717, 1.165) is 22.7 Å². The second-order valence-corrected chi connectivity index (χ2v) is 7.27. The number of thioether (sulfide) groups is 1. The van der Waals surface area contributed by atoms with Gasteiger partial charge in [-0.25, -0.2) is 4.98 Å². The number of carbonyl (C=O) groups is 1. The van der Waals surface area contributed by atoms with Gasteiger partial charge in [0.05, 0.1) is 5.75 Å². The van der Waals surface area contributed by atoms with Crippen molar-refractivity contribution in [1.29, 1.82) is 0 Å². The van der Waals surface area contributed by atoms with Crippen LogP contribution in [0.25, 0.3) is 17.2 Å². The Balaban J connectivity index is 1.48. The predicted molar refractivity (Wildman–Crippen MR) is 105 cm³/mol. The number of H-pyrrole nitrogens is 1. The Kier molecular flexibility index (Phi) is 4.82. The van der Waals surface area contributed by atoms with Crippen LogP contribution in [0.15, 0.2) is 46.3 Å². The highest BCUT2D eigenvalue weighted by atomic mass is 32.2. The summed E-state index contributed by atoms with van der Waals surface area (Å²) in [4.78, 5) is 21.2. The number of hydrogen-bond acceptors (Lipinski definition) is 7. The number of aromatic nitrogens is 6. The van der Waals surface area contributed by atoms with Crippen molar-refractivity contribution < 1.29 is 9.32 Å². The van der Waals surface area contributed by atoms with Gasteiger partial charge in [0.1, 0.15) is 5.76 Å². The molecular formula is C19H18N6O2S. The van der Waals surface area contributed by atoms with Gasteiger partial charge >= 0.3 is 0 Å². The second kappa shape index (κ2) is 7.43. The molecule has 0 bridgehead atoms. The smallest absolute Gasteiger partial charge is 0.209 e. The Labute approximate surface area is 165 Å². The number of rotatable bonds is 6. The average molecular weight is 394 g/mol. The van der Waals surface area contributed by atoms with Crippen LogP contribution in [0.2, 0.25) is 0 Å². The summed E-state index contributed by atoms with van der Waals surface area (Å²) in [7, 11) is 0. The lowest BCUT2D eigenvalue weighted by Crippen LogP contribution is -2.06. The van der Waals surface area contributed by atoms with Crippen LogP contribution < -0.4 is 0 Å². The highest BCUT2D eigenvalue weighted by Crippen LogP contribution is 2.24. The fourth-order valence-corrected chi connectivity index (χ4v) is 3.70. The van der Waals surface area contributed by atoms with Crippen LogP contribution >= 0.6 is 11.8 Å². The number of carbonyl (C=O) groups excluding carboxylic acids is 1. The fraction of sp³-hybridized carbons (Fsp3) is 0.211. The van der Waals surface area contributed by atoms with Crippen LogP contribution in [0.3, 0.4) is 0 Å². The topological polar surface area (TPSA) is 102 Å². The van der Waals surface area contributed by atoms with Gasteiger partial charge in [-0.15, -0.1) is 5.10 Å². The first-order valence-corrected chi connectivity index (χ1v) is 9.63. The lowest BCUT2D eigenvalue weighted by molar-refractivity contribution is 0.102. The molecule has 4 heterocycles. The molecule has 0 radical (unpaired) electrons. The first kappa shape index (κ1) is 18.2. The van der Waals surface area contributed by atoms with E-state index in [1.54, 1.807) is 12.4 Å². The number of aryl methyl sites for hydroxylation is 2. The van der Waals surface area contributed by atoms with Gasteiger partial charge < -0.3 is 4.52 Å². The lowest BCUT2D eigenvalue weighted by atomic mass is 10.2. The number of hydrogen-bond donors (Lipinski definition) is 1. The SMILES string of the molecule is Cc1cc(-n2c(C)cc(C(=O)CSc3n[nH]c(-c4ccncc4)n3)c2C)no1. The monoisotopic (exact) mass is 394 g/mol. The summed E-state index contributed by atoms with van der Waals surface area (Å²) in [6.45, 7) is 5.69. The molecule has 1 N–H and O–H groups in total. The molecule has 0 amide bonds. The molecule has 142 valence electrons. The highest BCUT2D eigenvalue weighted by molar-refractivity contribution is 7.99. The van der Waals surface area contributed by atoms with E-state index < -0.39 is 0 Å². The van der Waals surface area contributed by atoms with Crippen LogP contribution in [-0.2, 0) is 0 Å². The normalized spacial score (nSPS) is 11.1. The van der Waals surface area contributed by atoms with Crippen molar-refractivity contribution in [2.24, 2.45) is 0 Å². The fourth-order valence-electron chi connectivity index (χ4n) is 3.01. The van der Waals surface area contributed by atoms with Crippen molar-refractivity contribution in [2.45, 2.75) is 25.9 Å². The second-order valence-electron chi connectivity index (χ2n) is 6.33. The molecule has 0 atom stereocenters. The van der Waals surface area contributed by atoms with Gasteiger partial charge in [-0.05, 0) is 39.0 Å². The summed E-state index contributed by atoms with van der Waals surface area (Å²) in [5, 5.41) is 11.6. The standard InChI is InChI=1S/C19H18N6O2S/c1-11-8-15(13(3)25(11)17-9-12(2)27-24-17)16(26)10-28-19-21-18(22-23-19)14-4-6-20-7-5-14/h4-9H,10H2,1-3H3,(H,21,22,23). The van der Waals surface area contributed by atoms with Crippen LogP contribution in [0, 0.1) is 20.8 Å². The van der Waals surface area contributed by atoms with Crippen molar-refractivity contribution in [3.8, 4) is 17.2 Å². The first-order valence-electron chi connectivity index (χ1n) is 8.64. The Morgan fingerprint density at radius 3 is 2.71 bits per heavy atom. The maximum atomic E-state index is 12.8. The van der Waals surface area contributed by atoms with Gasteiger partial charge in [0.2, 0.25) is 5.16 Å². The first-order chi connectivity index (χ1) is 13.5. The molecule has 0 aromatic carbocycles. The zero-order chi connectivity index (χ0) is 19.7. The molecule has 0 spiro atoms. The minimum Gasteiger partial charge on any atom is -0.360 e. The van der Waals surface area contributed by atoms with Crippen molar-refractivity contribution in [3.63, 3.8) is 0 Å². The summed E-state index contributed by atoms with van der Waals surface area (Å²) in [6, 6.07) is 7.42. The molecule has 0 unspecified atom stereocenters. The summed E-state index contributed by atoms with van der Waals surface area (Å²) in [5.41, 5.74) is 3.32. The lowest BCUT2D eigenvalue weighted by Gasteiger charge is -2.04. The molecule has 28 heavy (non-hydrogen) atoms. The molecule has 0 fully saturated rings. The minimum absolute atomic E-state index is 0.0137. The summed E-state index contributed by atoms with van der Waals surface area (Å²) in [5.74, 6) is 2.31. The molecule has 0 saturated heterocycles. The van der Waals surface area contributed by atoms with Gasteiger partial charge in [0, 0.05) is 41.0 Å². The van der Waals surface area contributed by atoms with Gasteiger partial charge in [-0.1, -0.05) is 16.9 Å². The van der Waals surface area contributed by atoms with Crippen LogP contribution in [0.5, 0.6) is 0 Å². The Morgan fingerprint density at radius 2 is 2.00 bits per heavy atom. The molecule has 4 aromatic heterocycles. The van der Waals surface area contributed by atoms with E-state index in [2.05, 4.69) is 25.3 Å². The summed E-state index contributed by atoms with van der Waals surface area (Å²) < 4.78 is 7.08. The third-order valence-corrected chi connectivity index (χ3v) is 5.17. The third kappa shape index (κ3) is 3.48. The van der Waals surface area contributed by atoms with Gasteiger partial charge in [-0.3, -0.25) is 19.4 Å². The third-order valence-electron chi connectivity index (χ3n) is 4.33. The van der Waals surface area contributed by atoms with E-state index in [1.807, 2.05) is 49.6 Å². The van der Waals surface area contributed by atoms with Crippen molar-refractivity contribution in [1.82, 2.24) is 29.9 Å². The molecule has 9 heteroatoms. The van der Waals surface area contributed by atoms with E-state index in [1.165, 1.54) is 11.8 Å². The highest BCUT2D eigenvalue weighted by Gasteiger charge is 2.19. The summed E-state index contributed by atoms with van der Waals surface area (Å²) in [6.07, 6.45) is 3.39. The Morgan fingerprint density at radius 1 is 1.21 bits per heavy atom. The zero-order valence-electron chi connectivity index (χ0n) is 15.6. The van der Waals surface area contributed by atoms with Crippen molar-refractivity contribution in [3.05, 3.63) is 59.4 Å². The number of ketones is 1. The molecule has 0 aliphatic rings. The zero-order valence-corrected chi connectivity index (χ0v) is 16.4. The average Bonchev–Trinajstić information content (AvgIpc) is 3.40. The molecule has 4 rings (SSSR count). The summed E-state index contributed by atoms with van der Waals surface area (Å²) >= 11 is 1.30. The molecule has 0 aliphatic heterocycles. The van der Waals surface area contributed by atoms with Crippen molar-refractivity contribution >= 4 is 17.5 Å². The number of pyridine rings is 1. The Bertz CT molecular complexity index is 1130. The van der Waals surface area contributed by atoms with E-state index in [9.17, 15) is 4.79 Å². The van der Waals surface area contributed by atoms with Crippen LogP contribution in [0.1, 0.15) is 27.5 Å². The van der Waals surface area contributed by atoms with E-state index in [0.29, 0.717) is 22.4 Å². The largest absolute Gasteiger partial charge is 0.360 e. The van der Waals surface area contributed by atoms with Gasteiger partial charge in [-0.2, -0.15) is 0 Å². The van der Waals surface area contributed by atoms with Crippen molar-refractivity contribution in [2.75, 3.05) is 5.75 Å². The molecular weight excluding hydrogens is 376 g/mol. The predicted octanol–water partition coefficient (Wildman–Crippen LogP) is 3.55. The number of nitrogens with zero attached hydrogens (tertiary/aromatic N) is 5. The van der Waals surface area contributed by atoms with E-state index >= 15 is 0 Å². The maximum absolute atomic E-state index is 12.8. The molecule has 0 saturated carbocycles. The minimum atomic E-state index is 0.0137. The molecule has 0 aliphatic carbocycles. The van der Waals surface area contributed by atoms with E-state index in [4.69, 9.17) is 4.52 Å². The van der Waals surface area contributed by atoms with Crippen LogP contribution in [0.4, 0.5) is 0 Å². The van der Waals surface area contributed by atoms with Gasteiger partial charge in [0.15, 0.2) is 17.4 Å². The van der Waals surface area contributed by atoms with Crippen LogP contribution in [-0.4, -0.2) is 41.4 Å². The number of aromatic amines is 1. The Hall–Kier alpha value is -3.20. The van der Waals surface area contributed by atoms with E-state index in [-0.39, 0.29) is 11.5 Å². The molecule has 4 aromatic rings. The quantitative estimate of drug-likeness (QED) is 0.394. The number of Topliss-reactive ketones (excluding diaryl/α,β-unsaturated/α-hetero) is 1.